The molecular weight excluding hydrogens is 328 g/mol. The van der Waals surface area contributed by atoms with Gasteiger partial charge in [-0.2, -0.15) is 0 Å². The molecule has 4 unspecified atom stereocenters. The zero-order valence-electron chi connectivity index (χ0n) is 15.2. The van der Waals surface area contributed by atoms with Gasteiger partial charge in [-0.05, 0) is 80.2 Å². The van der Waals surface area contributed by atoms with Gasteiger partial charge in [0, 0.05) is 30.2 Å². The van der Waals surface area contributed by atoms with Gasteiger partial charge in [0.05, 0.1) is 5.60 Å². The highest BCUT2D eigenvalue weighted by atomic mass is 16.3. The molecule has 3 fully saturated rings. The highest BCUT2D eigenvalue weighted by Crippen LogP contribution is 2.61. The first kappa shape index (κ1) is 16.7. The lowest BCUT2D eigenvalue weighted by atomic mass is 9.56. The molecule has 4 aliphatic rings. The number of benzene rings is 1. The number of carbonyl (C=O) groups excluding carboxylic acids is 1. The molecular formula is C21H28N2O3. The van der Waals surface area contributed by atoms with E-state index in [-0.39, 0.29) is 24.0 Å². The van der Waals surface area contributed by atoms with E-state index in [0.29, 0.717) is 12.0 Å². The fourth-order valence-corrected chi connectivity index (χ4v) is 6.26. The minimum absolute atomic E-state index is 0.111. The lowest BCUT2D eigenvalue weighted by Gasteiger charge is -2.59. The molecule has 3 aliphatic carbocycles. The van der Waals surface area contributed by atoms with Gasteiger partial charge in [0.25, 0.3) is 0 Å². The van der Waals surface area contributed by atoms with Crippen molar-refractivity contribution in [2.75, 3.05) is 19.7 Å². The Morgan fingerprint density at radius 3 is 2.77 bits per heavy atom. The molecule has 1 aromatic carbocycles. The SMILES string of the molecule is NC(=O)c1ccc2c(c1)C13CCN(CC4CC4)C(C2)C1(O)CC(CO)C3. The van der Waals surface area contributed by atoms with Gasteiger partial charge in [-0.3, -0.25) is 9.69 Å². The molecule has 4 atom stereocenters. The molecule has 5 rings (SSSR count). The van der Waals surface area contributed by atoms with E-state index in [0.717, 1.165) is 43.8 Å². The monoisotopic (exact) mass is 356 g/mol. The van der Waals surface area contributed by atoms with Crippen molar-refractivity contribution in [3.8, 4) is 0 Å². The zero-order valence-corrected chi connectivity index (χ0v) is 15.2. The first-order valence-corrected chi connectivity index (χ1v) is 9.97. The van der Waals surface area contributed by atoms with Crippen LogP contribution in [-0.4, -0.2) is 52.4 Å². The normalized spacial score (nSPS) is 38.7. The molecule has 0 radical (unpaired) electrons. The number of carbonyl (C=O) groups is 1. The molecule has 0 spiro atoms. The molecule has 1 amide bonds. The number of amides is 1. The maximum atomic E-state index is 12.0. The van der Waals surface area contributed by atoms with E-state index in [1.807, 2.05) is 18.2 Å². The lowest BCUT2D eigenvalue weighted by Crippen LogP contribution is -2.69. The number of fused-ring (bicyclic) bond motifs is 1. The van der Waals surface area contributed by atoms with Gasteiger partial charge < -0.3 is 15.9 Å². The van der Waals surface area contributed by atoms with Crippen LogP contribution in [-0.2, 0) is 11.8 Å². The number of nitrogens with two attached hydrogens (primary N) is 1. The van der Waals surface area contributed by atoms with Crippen LogP contribution in [0.1, 0.15) is 53.6 Å². The average Bonchev–Trinajstić information content (AvgIpc) is 3.36. The summed E-state index contributed by atoms with van der Waals surface area (Å²) in [6.45, 7) is 2.19. The Hall–Kier alpha value is -1.43. The fourth-order valence-electron chi connectivity index (χ4n) is 6.26. The predicted molar refractivity (Wildman–Crippen MR) is 97.8 cm³/mol. The van der Waals surface area contributed by atoms with E-state index in [9.17, 15) is 15.0 Å². The largest absolute Gasteiger partial charge is 0.396 e. The smallest absolute Gasteiger partial charge is 0.248 e. The molecule has 1 aromatic rings. The molecule has 140 valence electrons. The summed E-state index contributed by atoms with van der Waals surface area (Å²) in [7, 11) is 0. The second-order valence-corrected chi connectivity index (χ2v) is 9.11. The summed E-state index contributed by atoms with van der Waals surface area (Å²) in [5.74, 6) is 0.490. The lowest BCUT2D eigenvalue weighted by molar-refractivity contribution is -0.131. The van der Waals surface area contributed by atoms with Crippen LogP contribution in [0.4, 0.5) is 0 Å². The standard InChI is InChI=1S/C21H28N2O3/c22-19(25)16-4-3-15-8-18-21(26)10-14(12-24)9-20(21,17(15)7-16)5-6-23(18)11-13-1-2-13/h3-4,7,13-14,18,24,26H,1-2,5-6,8-12H2,(H2,22,25). The van der Waals surface area contributed by atoms with Crippen molar-refractivity contribution in [1.29, 1.82) is 0 Å². The number of piperidine rings is 1. The molecule has 4 N–H and O–H groups in total. The molecule has 1 heterocycles. The number of likely N-dealkylation sites (tertiary alicyclic amines) is 1. The summed E-state index contributed by atoms with van der Waals surface area (Å²) in [5.41, 5.74) is 7.22. The van der Waals surface area contributed by atoms with Crippen LogP contribution < -0.4 is 5.73 Å². The third-order valence-corrected chi connectivity index (χ3v) is 7.65. The number of hydrogen-bond acceptors (Lipinski definition) is 4. The van der Waals surface area contributed by atoms with Crippen LogP contribution in [0.2, 0.25) is 0 Å². The molecule has 5 nitrogen and oxygen atoms in total. The van der Waals surface area contributed by atoms with Crippen molar-refractivity contribution in [1.82, 2.24) is 4.90 Å². The molecule has 2 bridgehead atoms. The van der Waals surface area contributed by atoms with Gasteiger partial charge in [-0.25, -0.2) is 0 Å². The third kappa shape index (κ3) is 2.17. The summed E-state index contributed by atoms with van der Waals surface area (Å²) in [5, 5.41) is 21.9. The molecule has 1 aliphatic heterocycles. The van der Waals surface area contributed by atoms with Crippen molar-refractivity contribution in [2.45, 2.75) is 55.6 Å². The Bertz CT molecular complexity index is 762. The van der Waals surface area contributed by atoms with Gasteiger partial charge in [-0.15, -0.1) is 0 Å². The maximum absolute atomic E-state index is 12.0. The Morgan fingerprint density at radius 1 is 1.27 bits per heavy atom. The van der Waals surface area contributed by atoms with Crippen LogP contribution in [0.3, 0.4) is 0 Å². The van der Waals surface area contributed by atoms with Gasteiger partial charge in [0.15, 0.2) is 0 Å². The highest BCUT2D eigenvalue weighted by Gasteiger charge is 2.67. The average molecular weight is 356 g/mol. The fraction of sp³-hybridized carbons (Fsp3) is 0.667. The molecule has 1 saturated heterocycles. The summed E-state index contributed by atoms with van der Waals surface area (Å²) >= 11 is 0. The van der Waals surface area contributed by atoms with Crippen LogP contribution in [0.5, 0.6) is 0 Å². The third-order valence-electron chi connectivity index (χ3n) is 7.65. The number of hydrogen-bond donors (Lipinski definition) is 3. The van der Waals surface area contributed by atoms with Crippen molar-refractivity contribution in [3.63, 3.8) is 0 Å². The van der Waals surface area contributed by atoms with Crippen LogP contribution in [0.25, 0.3) is 0 Å². The van der Waals surface area contributed by atoms with E-state index in [4.69, 9.17) is 5.73 Å². The summed E-state index contributed by atoms with van der Waals surface area (Å²) in [4.78, 5) is 14.3. The van der Waals surface area contributed by atoms with Crippen molar-refractivity contribution < 1.29 is 15.0 Å². The van der Waals surface area contributed by atoms with Gasteiger partial charge in [0.2, 0.25) is 5.91 Å². The topological polar surface area (TPSA) is 86.8 Å². The summed E-state index contributed by atoms with van der Waals surface area (Å²) in [6, 6.07) is 5.90. The van der Waals surface area contributed by atoms with Crippen molar-refractivity contribution in [2.24, 2.45) is 17.6 Å². The predicted octanol–water partition coefficient (Wildman–Crippen LogP) is 1.20. The van der Waals surface area contributed by atoms with E-state index < -0.39 is 11.5 Å². The number of nitrogens with zero attached hydrogens (tertiary/aromatic N) is 1. The molecule has 5 heteroatoms. The van der Waals surface area contributed by atoms with Crippen molar-refractivity contribution >= 4 is 5.91 Å². The van der Waals surface area contributed by atoms with E-state index >= 15 is 0 Å². The Balaban J connectivity index is 1.63. The van der Waals surface area contributed by atoms with E-state index in [2.05, 4.69) is 4.90 Å². The Kier molecular flexibility index (Phi) is 3.56. The molecule has 0 aromatic heterocycles. The minimum atomic E-state index is -0.823. The van der Waals surface area contributed by atoms with Gasteiger partial charge in [-0.1, -0.05) is 6.07 Å². The Morgan fingerprint density at radius 2 is 2.08 bits per heavy atom. The van der Waals surface area contributed by atoms with E-state index in [1.165, 1.54) is 18.4 Å². The van der Waals surface area contributed by atoms with E-state index in [1.54, 1.807) is 0 Å². The number of primary amides is 1. The second-order valence-electron chi connectivity index (χ2n) is 9.11. The highest BCUT2D eigenvalue weighted by molar-refractivity contribution is 5.93. The zero-order chi connectivity index (χ0) is 18.1. The second kappa shape index (κ2) is 5.54. The molecule has 26 heavy (non-hydrogen) atoms. The first-order valence-electron chi connectivity index (χ1n) is 9.97. The number of aliphatic hydroxyl groups is 2. The van der Waals surface area contributed by atoms with Crippen LogP contribution >= 0.6 is 0 Å². The first-order chi connectivity index (χ1) is 12.5. The number of aliphatic hydroxyl groups excluding tert-OH is 1. The summed E-state index contributed by atoms with van der Waals surface area (Å²) in [6.07, 6.45) is 5.77. The van der Waals surface area contributed by atoms with Gasteiger partial charge >= 0.3 is 0 Å². The van der Waals surface area contributed by atoms with Crippen LogP contribution in [0, 0.1) is 11.8 Å². The maximum Gasteiger partial charge on any atom is 0.248 e. The minimum Gasteiger partial charge on any atom is -0.396 e. The van der Waals surface area contributed by atoms with Crippen molar-refractivity contribution in [3.05, 3.63) is 34.9 Å². The summed E-state index contributed by atoms with van der Waals surface area (Å²) < 4.78 is 0. The van der Waals surface area contributed by atoms with Crippen LogP contribution in [0.15, 0.2) is 18.2 Å². The quantitative estimate of drug-likeness (QED) is 0.756. The van der Waals surface area contributed by atoms with Gasteiger partial charge in [0.1, 0.15) is 0 Å². The number of rotatable bonds is 4. The Labute approximate surface area is 154 Å². The molecule has 2 saturated carbocycles.